The van der Waals surface area contributed by atoms with Crippen molar-refractivity contribution in [2.24, 2.45) is 0 Å². The van der Waals surface area contributed by atoms with Gasteiger partial charge in [0.2, 0.25) is 0 Å². The third-order valence-electron chi connectivity index (χ3n) is 2.38. The summed E-state index contributed by atoms with van der Waals surface area (Å²) in [5.41, 5.74) is -0.138. The molecule has 0 aliphatic heterocycles. The van der Waals surface area contributed by atoms with E-state index in [-0.39, 0.29) is 15.5 Å². The van der Waals surface area contributed by atoms with Crippen LogP contribution in [0.5, 0.6) is 0 Å². The highest BCUT2D eigenvalue weighted by atomic mass is 32.2. The van der Waals surface area contributed by atoms with Crippen molar-refractivity contribution in [1.29, 1.82) is 0 Å². The van der Waals surface area contributed by atoms with Crippen molar-refractivity contribution in [3.8, 4) is 0 Å². The van der Waals surface area contributed by atoms with Crippen LogP contribution in [0, 0.1) is 10.1 Å². The summed E-state index contributed by atoms with van der Waals surface area (Å²) >= 11 is 0. The van der Waals surface area contributed by atoms with Crippen molar-refractivity contribution in [3.63, 3.8) is 0 Å². The number of nitro groups is 1. The zero-order chi connectivity index (χ0) is 14.0. The van der Waals surface area contributed by atoms with E-state index in [9.17, 15) is 23.9 Å². The van der Waals surface area contributed by atoms with Gasteiger partial charge in [0.25, 0.3) is 5.69 Å². The molecule has 1 unspecified atom stereocenters. The number of nitro benzene ring substituents is 1. The van der Waals surface area contributed by atoms with Crippen LogP contribution in [0.2, 0.25) is 0 Å². The summed E-state index contributed by atoms with van der Waals surface area (Å²) in [4.78, 5) is 32.7. The smallest absolute Gasteiger partial charge is 0.269 e. The SMILES string of the molecule is O=C1C=CC(=O)C(S(=O)c2ccc([N+](=O)[O-])cc2)=C1. The Hall–Kier alpha value is -2.41. The van der Waals surface area contributed by atoms with Crippen LogP contribution in [0.25, 0.3) is 0 Å². The number of ketones is 2. The first kappa shape index (κ1) is 13.0. The lowest BCUT2D eigenvalue weighted by molar-refractivity contribution is -0.384. The third-order valence-corrected chi connectivity index (χ3v) is 3.80. The van der Waals surface area contributed by atoms with Crippen LogP contribution in [-0.2, 0) is 20.4 Å². The number of allylic oxidation sites excluding steroid dienone is 4. The van der Waals surface area contributed by atoms with Crippen LogP contribution in [0.15, 0.2) is 52.3 Å². The molecule has 0 amide bonds. The number of carbonyl (C=O) groups excluding carboxylic acids is 2. The van der Waals surface area contributed by atoms with Gasteiger partial charge in [-0.2, -0.15) is 0 Å². The van der Waals surface area contributed by atoms with Gasteiger partial charge in [-0.05, 0) is 24.3 Å². The molecule has 0 radical (unpaired) electrons. The van der Waals surface area contributed by atoms with Crippen LogP contribution in [0.4, 0.5) is 5.69 Å². The maximum Gasteiger partial charge on any atom is 0.269 e. The lowest BCUT2D eigenvalue weighted by Gasteiger charge is -2.06. The highest BCUT2D eigenvalue weighted by Gasteiger charge is 2.21. The van der Waals surface area contributed by atoms with Crippen molar-refractivity contribution in [2.75, 3.05) is 0 Å². The molecule has 0 aromatic heterocycles. The minimum absolute atomic E-state index is 0.124. The highest BCUT2D eigenvalue weighted by molar-refractivity contribution is 7.90. The van der Waals surface area contributed by atoms with E-state index in [0.29, 0.717) is 0 Å². The second kappa shape index (κ2) is 5.07. The average Bonchev–Trinajstić information content (AvgIpc) is 2.41. The standard InChI is InChI=1S/C12H7NO5S/c14-9-3-6-11(15)12(7-9)19(18)10-4-1-8(2-5-10)13(16)17/h1-7H. The molecule has 0 bridgehead atoms. The maximum absolute atomic E-state index is 12.1. The van der Waals surface area contributed by atoms with Gasteiger partial charge >= 0.3 is 0 Å². The van der Waals surface area contributed by atoms with Crippen molar-refractivity contribution in [3.05, 3.63) is 57.5 Å². The van der Waals surface area contributed by atoms with Gasteiger partial charge < -0.3 is 0 Å². The number of hydrogen-bond donors (Lipinski definition) is 0. The molecule has 0 saturated heterocycles. The van der Waals surface area contributed by atoms with Gasteiger partial charge in [0.1, 0.15) is 0 Å². The van der Waals surface area contributed by atoms with Crippen molar-refractivity contribution in [2.45, 2.75) is 4.90 Å². The molecular weight excluding hydrogens is 270 g/mol. The third kappa shape index (κ3) is 2.71. The lowest BCUT2D eigenvalue weighted by atomic mass is 10.2. The highest BCUT2D eigenvalue weighted by Crippen LogP contribution is 2.20. The normalized spacial score (nSPS) is 16.1. The first-order chi connectivity index (χ1) is 8.99. The molecule has 0 fully saturated rings. The predicted octanol–water partition coefficient (Wildman–Crippen LogP) is 1.29. The van der Waals surface area contributed by atoms with E-state index in [4.69, 9.17) is 0 Å². The summed E-state index contributed by atoms with van der Waals surface area (Å²) in [6.45, 7) is 0. The first-order valence-corrected chi connectivity index (χ1v) is 6.28. The van der Waals surface area contributed by atoms with Gasteiger partial charge in [0, 0.05) is 23.1 Å². The van der Waals surface area contributed by atoms with Gasteiger partial charge in [-0.1, -0.05) is 0 Å². The molecule has 0 heterocycles. The molecule has 1 aromatic rings. The quantitative estimate of drug-likeness (QED) is 0.471. The fourth-order valence-electron chi connectivity index (χ4n) is 1.45. The van der Waals surface area contributed by atoms with Crippen LogP contribution in [0.1, 0.15) is 0 Å². The predicted molar refractivity (Wildman–Crippen MR) is 66.7 cm³/mol. The van der Waals surface area contributed by atoms with E-state index in [0.717, 1.165) is 18.2 Å². The van der Waals surface area contributed by atoms with E-state index in [2.05, 4.69) is 0 Å². The van der Waals surface area contributed by atoms with Crippen LogP contribution in [0.3, 0.4) is 0 Å². The Balaban J connectivity index is 2.32. The Labute approximate surface area is 110 Å². The number of nitrogens with zero attached hydrogens (tertiary/aromatic N) is 1. The number of rotatable bonds is 3. The average molecular weight is 277 g/mol. The van der Waals surface area contributed by atoms with Gasteiger partial charge in [-0.15, -0.1) is 0 Å². The minimum Gasteiger partial charge on any atom is -0.290 e. The molecule has 2 rings (SSSR count). The summed E-state index contributed by atoms with van der Waals surface area (Å²) in [6, 6.07) is 4.98. The topological polar surface area (TPSA) is 94.3 Å². The Morgan fingerprint density at radius 2 is 1.68 bits per heavy atom. The zero-order valence-electron chi connectivity index (χ0n) is 9.44. The fourth-order valence-corrected chi connectivity index (χ4v) is 2.56. The van der Waals surface area contributed by atoms with Crippen molar-refractivity contribution in [1.82, 2.24) is 0 Å². The zero-order valence-corrected chi connectivity index (χ0v) is 10.3. The molecule has 96 valence electrons. The van der Waals surface area contributed by atoms with Crippen molar-refractivity contribution >= 4 is 28.1 Å². The Kier molecular flexibility index (Phi) is 3.48. The van der Waals surface area contributed by atoms with Gasteiger partial charge in [0.05, 0.1) is 20.6 Å². The molecule has 7 heteroatoms. The summed E-state index contributed by atoms with van der Waals surface area (Å²) < 4.78 is 12.1. The number of benzene rings is 1. The molecular formula is C12H7NO5S. The molecule has 1 aliphatic rings. The van der Waals surface area contributed by atoms with Gasteiger partial charge in [-0.3, -0.25) is 19.7 Å². The molecule has 19 heavy (non-hydrogen) atoms. The first-order valence-electron chi connectivity index (χ1n) is 5.13. The lowest BCUT2D eigenvalue weighted by Crippen LogP contribution is -2.12. The second-order valence-corrected chi connectivity index (χ2v) is 5.08. The second-order valence-electron chi connectivity index (χ2n) is 3.63. The van der Waals surface area contributed by atoms with Crippen LogP contribution in [-0.4, -0.2) is 20.7 Å². The summed E-state index contributed by atoms with van der Waals surface area (Å²) in [5, 5.41) is 10.5. The molecule has 1 atom stereocenters. The summed E-state index contributed by atoms with van der Waals surface area (Å²) in [7, 11) is -1.83. The van der Waals surface area contributed by atoms with Crippen LogP contribution < -0.4 is 0 Å². The largest absolute Gasteiger partial charge is 0.290 e. The van der Waals surface area contributed by atoms with E-state index >= 15 is 0 Å². The molecule has 0 N–H and O–H groups in total. The fraction of sp³-hybridized carbons (Fsp3) is 0. The number of non-ortho nitro benzene ring substituents is 1. The Morgan fingerprint density at radius 1 is 1.05 bits per heavy atom. The molecule has 1 aromatic carbocycles. The number of carbonyl (C=O) groups is 2. The molecule has 0 saturated carbocycles. The minimum atomic E-state index is -1.83. The van der Waals surface area contributed by atoms with E-state index < -0.39 is 27.3 Å². The summed E-state index contributed by atoms with van der Waals surface area (Å²) in [6.07, 6.45) is 3.17. The molecule has 0 spiro atoms. The van der Waals surface area contributed by atoms with Crippen molar-refractivity contribution < 1.29 is 18.7 Å². The van der Waals surface area contributed by atoms with Gasteiger partial charge in [-0.25, -0.2) is 4.21 Å². The number of hydrogen-bond acceptors (Lipinski definition) is 5. The monoisotopic (exact) mass is 277 g/mol. The van der Waals surface area contributed by atoms with E-state index in [1.807, 2.05) is 0 Å². The molecule has 6 nitrogen and oxygen atoms in total. The summed E-state index contributed by atoms with van der Waals surface area (Å²) in [5.74, 6) is -0.916. The van der Waals surface area contributed by atoms with E-state index in [1.165, 1.54) is 24.3 Å². The van der Waals surface area contributed by atoms with Crippen LogP contribution >= 0.6 is 0 Å². The molecule has 1 aliphatic carbocycles. The van der Waals surface area contributed by atoms with Gasteiger partial charge in [0.15, 0.2) is 11.6 Å². The maximum atomic E-state index is 12.1. The Morgan fingerprint density at radius 3 is 2.26 bits per heavy atom. The van der Waals surface area contributed by atoms with E-state index in [1.54, 1.807) is 0 Å². The Bertz CT molecular complexity index is 657.